The summed E-state index contributed by atoms with van der Waals surface area (Å²) in [7, 11) is 0. The van der Waals surface area contributed by atoms with Crippen LogP contribution in [0.5, 0.6) is 0 Å². The number of carbonyl (C=O) groups is 1. The summed E-state index contributed by atoms with van der Waals surface area (Å²) in [5, 5.41) is 19.5. The van der Waals surface area contributed by atoms with Crippen LogP contribution in [-0.4, -0.2) is 22.1 Å². The first kappa shape index (κ1) is 20.1. The Hall–Kier alpha value is -3.64. The molecule has 0 N–H and O–H groups in total. The van der Waals surface area contributed by atoms with E-state index in [1.165, 1.54) is 12.1 Å². The van der Waals surface area contributed by atoms with E-state index in [1.807, 2.05) is 24.3 Å². The Kier molecular flexibility index (Phi) is 6.26. The molecule has 0 aromatic heterocycles. The van der Waals surface area contributed by atoms with Crippen LogP contribution in [-0.2, 0) is 0 Å². The molecule has 0 aliphatic rings. The van der Waals surface area contributed by atoms with E-state index in [1.54, 1.807) is 49.4 Å². The Morgan fingerprint density at radius 3 is 2.03 bits per heavy atom. The molecule has 0 unspecified atom stereocenters. The maximum atomic E-state index is 13.0. The summed E-state index contributed by atoms with van der Waals surface area (Å²) in [6, 6.07) is 22.2. The molecule has 3 aromatic rings. The summed E-state index contributed by atoms with van der Waals surface area (Å²) >= 11 is 5.86. The van der Waals surface area contributed by atoms with Crippen LogP contribution in [0.2, 0.25) is 5.02 Å². The number of ketones is 1. The molecule has 0 radical (unpaired) electrons. The van der Waals surface area contributed by atoms with Crippen LogP contribution in [0.25, 0.3) is 0 Å². The van der Waals surface area contributed by atoms with Gasteiger partial charge < -0.3 is 0 Å². The molecule has 0 saturated carbocycles. The van der Waals surface area contributed by atoms with Gasteiger partial charge >= 0.3 is 0 Å². The van der Waals surface area contributed by atoms with Crippen LogP contribution < -0.4 is 0 Å². The molecule has 0 spiro atoms. The Morgan fingerprint density at radius 2 is 1.45 bits per heavy atom. The van der Waals surface area contributed by atoms with Gasteiger partial charge in [0.05, 0.1) is 10.6 Å². The summed E-state index contributed by atoms with van der Waals surface area (Å²) in [6.45, 7) is 1.66. The Labute approximate surface area is 172 Å². The van der Waals surface area contributed by atoms with Gasteiger partial charge in [-0.25, -0.2) is 0 Å². The molecule has 0 aliphatic heterocycles. The number of rotatable bonds is 6. The monoisotopic (exact) mass is 405 g/mol. The van der Waals surface area contributed by atoms with Crippen molar-refractivity contribution in [1.82, 2.24) is 0 Å². The van der Waals surface area contributed by atoms with Gasteiger partial charge in [-0.15, -0.1) is 5.10 Å². The molecule has 7 heteroatoms. The van der Waals surface area contributed by atoms with Crippen molar-refractivity contribution in [1.29, 1.82) is 0 Å². The summed E-state index contributed by atoms with van der Waals surface area (Å²) in [5.41, 5.74) is 1.99. The lowest BCUT2D eigenvalue weighted by atomic mass is 10.0. The second-order valence-electron chi connectivity index (χ2n) is 6.12. The van der Waals surface area contributed by atoms with Gasteiger partial charge in [-0.3, -0.25) is 14.9 Å². The highest BCUT2D eigenvalue weighted by Crippen LogP contribution is 2.25. The zero-order valence-electron chi connectivity index (χ0n) is 15.4. The zero-order valence-corrected chi connectivity index (χ0v) is 16.2. The Balaban J connectivity index is 2.03. The number of nitrogens with zero attached hydrogens (tertiary/aromatic N) is 3. The highest BCUT2D eigenvalue weighted by molar-refractivity contribution is 6.51. The Bertz CT molecular complexity index is 1110. The van der Waals surface area contributed by atoms with E-state index in [4.69, 9.17) is 11.6 Å². The topological polar surface area (TPSA) is 84.9 Å². The van der Waals surface area contributed by atoms with Gasteiger partial charge in [-0.05, 0) is 13.0 Å². The van der Waals surface area contributed by atoms with E-state index in [9.17, 15) is 14.9 Å². The minimum Gasteiger partial charge on any atom is -0.287 e. The van der Waals surface area contributed by atoms with Crippen LogP contribution in [0, 0.1) is 10.1 Å². The maximum Gasteiger partial charge on any atom is 0.288 e. The summed E-state index contributed by atoms with van der Waals surface area (Å²) in [4.78, 5) is 23.5. The lowest BCUT2D eigenvalue weighted by Crippen LogP contribution is -2.15. The third-order valence-corrected chi connectivity index (χ3v) is 4.48. The molecular formula is C22H16ClN3O3. The normalized spacial score (nSPS) is 11.9. The highest BCUT2D eigenvalue weighted by Gasteiger charge is 2.17. The minimum absolute atomic E-state index is 0.0410. The first-order valence-corrected chi connectivity index (χ1v) is 9.07. The van der Waals surface area contributed by atoms with Gasteiger partial charge in [-0.2, -0.15) is 5.10 Å². The van der Waals surface area contributed by atoms with Gasteiger partial charge in [-0.1, -0.05) is 78.3 Å². The van der Waals surface area contributed by atoms with E-state index in [2.05, 4.69) is 10.2 Å². The molecular weight excluding hydrogens is 390 g/mol. The fourth-order valence-corrected chi connectivity index (χ4v) is 2.80. The highest BCUT2D eigenvalue weighted by atomic mass is 35.5. The fourth-order valence-electron chi connectivity index (χ4n) is 2.62. The quantitative estimate of drug-likeness (QED) is 0.240. The van der Waals surface area contributed by atoms with E-state index in [-0.39, 0.29) is 22.2 Å². The van der Waals surface area contributed by atoms with Crippen molar-refractivity contribution in [2.45, 2.75) is 6.92 Å². The van der Waals surface area contributed by atoms with E-state index in [0.717, 1.165) is 0 Å². The zero-order chi connectivity index (χ0) is 20.8. The molecule has 3 rings (SSSR count). The molecule has 144 valence electrons. The largest absolute Gasteiger partial charge is 0.288 e. The van der Waals surface area contributed by atoms with Gasteiger partial charge in [0.2, 0.25) is 5.78 Å². The van der Waals surface area contributed by atoms with Crippen LogP contribution in [0.15, 0.2) is 89.1 Å². The number of Topliss-reactive ketones (excluding diaryl/α,β-unsaturated/α-hetero) is 1. The smallest absolute Gasteiger partial charge is 0.287 e. The number of nitro benzene ring substituents is 1. The summed E-state index contributed by atoms with van der Waals surface area (Å²) in [5.74, 6) is -0.268. The van der Waals surface area contributed by atoms with Crippen molar-refractivity contribution in [3.05, 3.63) is 111 Å². The van der Waals surface area contributed by atoms with Gasteiger partial charge in [0, 0.05) is 22.8 Å². The molecule has 0 bridgehead atoms. The van der Waals surface area contributed by atoms with Crippen molar-refractivity contribution in [2.75, 3.05) is 0 Å². The van der Waals surface area contributed by atoms with Gasteiger partial charge in [0.25, 0.3) is 5.69 Å². The molecule has 0 amide bonds. The van der Waals surface area contributed by atoms with Crippen LogP contribution in [0.1, 0.15) is 28.4 Å². The number of hydrogen-bond donors (Lipinski definition) is 0. The molecule has 0 atom stereocenters. The molecule has 6 nitrogen and oxygen atoms in total. The first-order valence-electron chi connectivity index (χ1n) is 8.69. The minimum atomic E-state index is -0.559. The van der Waals surface area contributed by atoms with Crippen LogP contribution in [0.3, 0.4) is 0 Å². The summed E-state index contributed by atoms with van der Waals surface area (Å²) in [6.07, 6.45) is 0. The Morgan fingerprint density at radius 1 is 0.862 bits per heavy atom. The van der Waals surface area contributed by atoms with Crippen molar-refractivity contribution >= 4 is 34.5 Å². The van der Waals surface area contributed by atoms with Crippen molar-refractivity contribution in [3.8, 4) is 0 Å². The molecule has 0 saturated heterocycles. The number of nitro groups is 1. The van der Waals surface area contributed by atoms with Crippen LogP contribution in [0.4, 0.5) is 5.69 Å². The predicted octanol–water partition coefficient (Wildman–Crippen LogP) is 5.34. The fraction of sp³-hybridized carbons (Fsp3) is 0.0455. The SMILES string of the molecule is C/C(=N\N=C(\C(=O)c1ccccc1)c1ccccc1)c1ccc(Cl)c([N+](=O)[O-])c1. The number of carbonyl (C=O) groups excluding carboxylic acids is 1. The predicted molar refractivity (Wildman–Crippen MR) is 114 cm³/mol. The van der Waals surface area contributed by atoms with E-state index in [0.29, 0.717) is 22.4 Å². The van der Waals surface area contributed by atoms with Crippen molar-refractivity contribution in [3.63, 3.8) is 0 Å². The molecule has 0 fully saturated rings. The van der Waals surface area contributed by atoms with E-state index < -0.39 is 4.92 Å². The second kappa shape index (κ2) is 9.03. The molecule has 0 heterocycles. The van der Waals surface area contributed by atoms with Crippen molar-refractivity contribution < 1.29 is 9.72 Å². The molecule has 3 aromatic carbocycles. The molecule has 0 aliphatic carbocycles. The average Bonchev–Trinajstić information content (AvgIpc) is 2.75. The average molecular weight is 406 g/mol. The van der Waals surface area contributed by atoms with E-state index >= 15 is 0 Å². The van der Waals surface area contributed by atoms with Gasteiger partial charge in [0.15, 0.2) is 0 Å². The summed E-state index contributed by atoms with van der Waals surface area (Å²) < 4.78 is 0. The van der Waals surface area contributed by atoms with Crippen LogP contribution >= 0.6 is 11.6 Å². The number of hydrogen-bond acceptors (Lipinski definition) is 5. The lowest BCUT2D eigenvalue weighted by Gasteiger charge is -2.05. The third kappa shape index (κ3) is 4.80. The standard InChI is InChI=1S/C22H16ClN3O3/c1-15(18-12-13-19(23)20(14-18)26(28)29)24-25-21(16-8-4-2-5-9-16)22(27)17-10-6-3-7-11-17/h2-14H,1H3/b24-15+,25-21+. The van der Waals surface area contributed by atoms with Crippen molar-refractivity contribution in [2.24, 2.45) is 10.2 Å². The second-order valence-corrected chi connectivity index (χ2v) is 6.53. The van der Waals surface area contributed by atoms with Gasteiger partial charge in [0.1, 0.15) is 10.7 Å². The first-order chi connectivity index (χ1) is 14.0. The molecule has 29 heavy (non-hydrogen) atoms. The number of benzene rings is 3. The lowest BCUT2D eigenvalue weighted by molar-refractivity contribution is -0.384. The maximum absolute atomic E-state index is 13.0. The number of halogens is 1. The third-order valence-electron chi connectivity index (χ3n) is 4.16.